The highest BCUT2D eigenvalue weighted by Crippen LogP contribution is 2.33. The van der Waals surface area contributed by atoms with Crippen LogP contribution in [0.5, 0.6) is 11.5 Å². The van der Waals surface area contributed by atoms with Crippen molar-refractivity contribution < 1.29 is 57.1 Å². The summed E-state index contributed by atoms with van der Waals surface area (Å²) in [4.78, 5) is 45.1. The molecule has 0 heterocycles. The van der Waals surface area contributed by atoms with Gasteiger partial charge in [0.05, 0.1) is 26.4 Å². The molecule has 0 aliphatic rings. The third-order valence-corrected chi connectivity index (χ3v) is 6.53. The van der Waals surface area contributed by atoms with Gasteiger partial charge in [-0.05, 0) is 35.4 Å². The lowest BCUT2D eigenvalue weighted by atomic mass is 9.78. The largest absolute Gasteiger partial charge is 0.490 e. The molecule has 0 radical (unpaired) electrons. The summed E-state index contributed by atoms with van der Waals surface area (Å²) in [5, 5.41) is 5.12. The van der Waals surface area contributed by atoms with E-state index < -0.39 is 18.2 Å². The van der Waals surface area contributed by atoms with E-state index in [-0.39, 0.29) is 90.5 Å². The molecule has 0 fully saturated rings. The highest BCUT2D eigenvalue weighted by molar-refractivity contribution is 5.81. The van der Waals surface area contributed by atoms with Crippen LogP contribution in [0.2, 0.25) is 0 Å². The maximum atomic E-state index is 11.8. The third-order valence-electron chi connectivity index (χ3n) is 6.53. The van der Waals surface area contributed by atoms with E-state index in [0.29, 0.717) is 11.5 Å². The van der Waals surface area contributed by atoms with Gasteiger partial charge in [-0.1, -0.05) is 44.7 Å². The number of hydrogen-bond donors (Lipinski definition) is 2. The van der Waals surface area contributed by atoms with Gasteiger partial charge in [-0.3, -0.25) is 4.79 Å². The summed E-state index contributed by atoms with van der Waals surface area (Å²) < 4.78 is 41.6. The molecule has 0 saturated heterocycles. The predicted molar refractivity (Wildman–Crippen MR) is 174 cm³/mol. The lowest BCUT2D eigenvalue weighted by Crippen LogP contribution is -2.29. The van der Waals surface area contributed by atoms with Crippen molar-refractivity contribution in [2.24, 2.45) is 0 Å². The van der Waals surface area contributed by atoms with Crippen LogP contribution in [-0.4, -0.2) is 103 Å². The van der Waals surface area contributed by atoms with Gasteiger partial charge in [-0.2, -0.15) is 0 Å². The molecular formula is C34H46N2O12. The molecule has 14 nitrogen and oxygen atoms in total. The first-order valence-electron chi connectivity index (χ1n) is 15.5. The van der Waals surface area contributed by atoms with Crippen LogP contribution in [0.15, 0.2) is 61.2 Å². The fourth-order valence-electron chi connectivity index (χ4n) is 3.95. The smallest absolute Gasteiger partial charge is 0.407 e. The average Bonchev–Trinajstić information content (AvgIpc) is 3.08. The Balaban J connectivity index is 1.61. The summed E-state index contributed by atoms with van der Waals surface area (Å²) >= 11 is 0. The molecule has 2 aromatic carbocycles. The van der Waals surface area contributed by atoms with Crippen LogP contribution in [0.1, 0.15) is 31.9 Å². The van der Waals surface area contributed by atoms with Gasteiger partial charge in [0.1, 0.15) is 51.1 Å². The highest BCUT2D eigenvalue weighted by Gasteiger charge is 2.23. The summed E-state index contributed by atoms with van der Waals surface area (Å²) in [7, 11) is 0. The second kappa shape index (κ2) is 22.7. The molecule has 0 spiro atoms. The number of ether oxygens (including phenoxy) is 8. The maximum absolute atomic E-state index is 11.8. The third kappa shape index (κ3) is 16.7. The Morgan fingerprint density at radius 1 is 0.604 bits per heavy atom. The van der Waals surface area contributed by atoms with E-state index >= 15 is 0 Å². The van der Waals surface area contributed by atoms with Crippen LogP contribution in [0, 0.1) is 0 Å². The van der Waals surface area contributed by atoms with Gasteiger partial charge < -0.3 is 48.5 Å². The predicted octanol–water partition coefficient (Wildman–Crippen LogP) is 3.55. The lowest BCUT2D eigenvalue weighted by molar-refractivity contribution is -0.142. The van der Waals surface area contributed by atoms with Crippen LogP contribution in [0.25, 0.3) is 0 Å². The number of alkyl carbamates (subject to hydrolysis) is 2. The molecule has 0 aliphatic carbocycles. The molecule has 0 saturated carbocycles. The van der Waals surface area contributed by atoms with E-state index in [1.54, 1.807) is 0 Å². The number of carbonyl (C=O) groups excluding carboxylic acids is 4. The average molecular weight is 675 g/mol. The molecule has 2 N–H and O–H groups in total. The van der Waals surface area contributed by atoms with E-state index in [0.717, 1.165) is 17.2 Å². The Kier molecular flexibility index (Phi) is 18.6. The summed E-state index contributed by atoms with van der Waals surface area (Å²) in [6.07, 6.45) is -0.0859. The van der Waals surface area contributed by atoms with Crippen molar-refractivity contribution in [2.75, 3.05) is 79.2 Å². The van der Waals surface area contributed by atoms with Crippen molar-refractivity contribution in [3.05, 3.63) is 72.3 Å². The van der Waals surface area contributed by atoms with Gasteiger partial charge in [0.15, 0.2) is 0 Å². The van der Waals surface area contributed by atoms with Crippen molar-refractivity contribution in [3.63, 3.8) is 0 Å². The Hall–Kier alpha value is -4.82. The molecule has 0 aliphatic heterocycles. The van der Waals surface area contributed by atoms with Gasteiger partial charge >= 0.3 is 24.1 Å². The highest BCUT2D eigenvalue weighted by atomic mass is 16.6. The van der Waals surface area contributed by atoms with Crippen LogP contribution >= 0.6 is 0 Å². The number of hydrogen-bond acceptors (Lipinski definition) is 12. The fraction of sp³-hybridized carbons (Fsp3) is 0.471. The maximum Gasteiger partial charge on any atom is 0.407 e. The second-order valence-electron chi connectivity index (χ2n) is 10.4. The number of nitrogens with one attached hydrogen (secondary N) is 2. The van der Waals surface area contributed by atoms with Gasteiger partial charge in [0, 0.05) is 31.5 Å². The normalized spacial score (nSPS) is 10.7. The Morgan fingerprint density at radius 2 is 1.02 bits per heavy atom. The minimum Gasteiger partial charge on any atom is -0.490 e. The van der Waals surface area contributed by atoms with Crippen LogP contribution in [0.4, 0.5) is 9.59 Å². The number of carbonyl (C=O) groups is 4. The van der Waals surface area contributed by atoms with Crippen LogP contribution in [-0.2, 0) is 43.4 Å². The fourth-order valence-corrected chi connectivity index (χ4v) is 3.95. The standard InChI is InChI=1S/C34H46N2O12/c1-5-31(38)46-21-19-42-17-15-36-33(40)48-25-23-45-30-12-8-28(9-13-30)34(3,4)27-6-10-29(11-7-27)44-22-24-47-32(39)35-14-16-41-18-20-43-26(2)37/h5-13H,1,14-25H2,2-4H3,(H,35,39)(H,36,40). The minimum atomic E-state index is -0.584. The summed E-state index contributed by atoms with van der Waals surface area (Å²) in [6.45, 7) is 11.2. The Morgan fingerprint density at radius 3 is 1.44 bits per heavy atom. The topological polar surface area (TPSA) is 166 Å². The zero-order valence-electron chi connectivity index (χ0n) is 27.8. The van der Waals surface area contributed by atoms with Crippen molar-refractivity contribution in [1.29, 1.82) is 0 Å². The molecular weight excluding hydrogens is 628 g/mol. The number of esters is 2. The monoisotopic (exact) mass is 674 g/mol. The van der Waals surface area contributed by atoms with Gasteiger partial charge in [-0.25, -0.2) is 14.4 Å². The first-order valence-corrected chi connectivity index (χ1v) is 15.5. The van der Waals surface area contributed by atoms with Gasteiger partial charge in [0.2, 0.25) is 0 Å². The number of amides is 2. The van der Waals surface area contributed by atoms with Crippen LogP contribution in [0.3, 0.4) is 0 Å². The zero-order chi connectivity index (χ0) is 35.0. The molecule has 2 amide bonds. The van der Waals surface area contributed by atoms with Crippen molar-refractivity contribution in [2.45, 2.75) is 26.2 Å². The van der Waals surface area contributed by atoms with E-state index in [9.17, 15) is 19.2 Å². The molecule has 0 unspecified atom stereocenters. The Labute approximate surface area is 280 Å². The van der Waals surface area contributed by atoms with E-state index in [1.165, 1.54) is 6.92 Å². The molecule has 48 heavy (non-hydrogen) atoms. The van der Waals surface area contributed by atoms with Gasteiger partial charge in [0.25, 0.3) is 0 Å². The summed E-state index contributed by atoms with van der Waals surface area (Å²) in [5.41, 5.74) is 1.85. The molecule has 14 heteroatoms. The minimum absolute atomic E-state index is 0.0713. The SMILES string of the molecule is C=CC(=O)OCCOCCNC(=O)OCCOc1ccc(C(C)(C)c2ccc(OCCOC(=O)NCCOCCOC(C)=O)cc2)cc1. The first kappa shape index (κ1) is 39.4. The molecule has 0 aromatic heterocycles. The molecule has 0 bridgehead atoms. The Bertz CT molecular complexity index is 1270. The quantitative estimate of drug-likeness (QED) is 0.0763. The van der Waals surface area contributed by atoms with Crippen molar-refractivity contribution in [3.8, 4) is 11.5 Å². The van der Waals surface area contributed by atoms with E-state index in [1.807, 2.05) is 48.5 Å². The van der Waals surface area contributed by atoms with E-state index in [2.05, 4.69) is 31.1 Å². The molecule has 2 rings (SSSR count). The molecule has 2 aromatic rings. The summed E-state index contributed by atoms with van der Waals surface area (Å²) in [6, 6.07) is 15.4. The molecule has 264 valence electrons. The first-order chi connectivity index (χ1) is 23.1. The molecule has 0 atom stereocenters. The van der Waals surface area contributed by atoms with Crippen molar-refractivity contribution in [1.82, 2.24) is 10.6 Å². The number of rotatable bonds is 23. The lowest BCUT2D eigenvalue weighted by Gasteiger charge is -2.26. The zero-order valence-corrected chi connectivity index (χ0v) is 27.8. The second-order valence-corrected chi connectivity index (χ2v) is 10.4. The van der Waals surface area contributed by atoms with Crippen molar-refractivity contribution >= 4 is 24.1 Å². The summed E-state index contributed by atoms with van der Waals surface area (Å²) in [5.74, 6) is 0.412. The number of benzene rings is 2. The van der Waals surface area contributed by atoms with Gasteiger partial charge in [-0.15, -0.1) is 0 Å². The van der Waals surface area contributed by atoms with Crippen LogP contribution < -0.4 is 20.1 Å². The van der Waals surface area contributed by atoms with E-state index in [4.69, 9.17) is 37.9 Å².